The molecule has 0 spiro atoms. The molecule has 20 heavy (non-hydrogen) atoms. The number of carboxylic acids is 1. The Labute approximate surface area is 119 Å². The molecule has 0 fully saturated rings. The summed E-state index contributed by atoms with van der Waals surface area (Å²) in [4.78, 5) is 21.6. The minimum absolute atomic E-state index is 0.116. The molecule has 0 saturated carbocycles. The van der Waals surface area contributed by atoms with E-state index in [1.165, 1.54) is 6.07 Å². The van der Waals surface area contributed by atoms with Crippen molar-refractivity contribution >= 4 is 33.2 Å². The predicted molar refractivity (Wildman–Crippen MR) is 70.8 cm³/mol. The Morgan fingerprint density at radius 2 is 2.10 bits per heavy atom. The molecule has 4 N–H and O–H groups in total. The Kier molecular flexibility index (Phi) is 6.07. The Hall–Kier alpha value is -1.49. The molecule has 0 radical (unpaired) electrons. The van der Waals surface area contributed by atoms with Gasteiger partial charge in [-0.25, -0.2) is 17.9 Å². The average Bonchev–Trinajstić information content (AvgIpc) is 2.90. The summed E-state index contributed by atoms with van der Waals surface area (Å²) >= 11 is 1.06. The Balaban J connectivity index is 2.31. The van der Waals surface area contributed by atoms with Crippen molar-refractivity contribution in [1.82, 2.24) is 10.0 Å². The summed E-state index contributed by atoms with van der Waals surface area (Å²) in [5.74, 6) is -2.00. The first kappa shape index (κ1) is 16.6. The number of aliphatic hydroxyl groups excluding tert-OH is 1. The number of hydrogen-bond donors (Lipinski definition) is 4. The van der Waals surface area contributed by atoms with E-state index in [1.54, 1.807) is 11.4 Å². The van der Waals surface area contributed by atoms with Crippen molar-refractivity contribution in [2.24, 2.45) is 0 Å². The maximum Gasteiger partial charge on any atom is 0.334 e. The molecule has 1 amide bonds. The molecule has 0 aliphatic heterocycles. The first-order chi connectivity index (χ1) is 9.33. The molecule has 1 heterocycles. The standard InChI is InChI=1S/C10H14N2O6S2/c13-7(10(15)16)6-11-8(14)3-4-12-20(17,18)9-2-1-5-19-9/h1-2,5,7,12-13H,3-4,6H2,(H,11,14)(H,15,16). The zero-order valence-electron chi connectivity index (χ0n) is 10.3. The predicted octanol–water partition coefficient (Wildman–Crippen LogP) is -1.02. The molecule has 0 saturated heterocycles. The second-order valence-electron chi connectivity index (χ2n) is 3.74. The Bertz CT molecular complexity index is 554. The van der Waals surface area contributed by atoms with Gasteiger partial charge in [0, 0.05) is 13.0 Å². The molecule has 10 heteroatoms. The van der Waals surface area contributed by atoms with Gasteiger partial charge in [-0.05, 0) is 11.4 Å². The van der Waals surface area contributed by atoms with Gasteiger partial charge in [-0.15, -0.1) is 11.3 Å². The molecular formula is C10H14N2O6S2. The topological polar surface area (TPSA) is 133 Å². The number of aliphatic carboxylic acids is 1. The number of carbonyl (C=O) groups excluding carboxylic acids is 1. The van der Waals surface area contributed by atoms with E-state index >= 15 is 0 Å². The van der Waals surface area contributed by atoms with Crippen LogP contribution >= 0.6 is 11.3 Å². The van der Waals surface area contributed by atoms with Crippen LogP contribution in [0.15, 0.2) is 21.7 Å². The number of amides is 1. The third-order valence-corrected chi connectivity index (χ3v) is 5.04. The van der Waals surface area contributed by atoms with Gasteiger partial charge in [0.05, 0.1) is 6.54 Å². The number of aliphatic hydroxyl groups is 1. The molecule has 1 rings (SSSR count). The van der Waals surface area contributed by atoms with E-state index in [0.717, 1.165) is 11.3 Å². The van der Waals surface area contributed by atoms with E-state index in [1.807, 2.05) is 0 Å². The molecule has 0 aromatic carbocycles. The van der Waals surface area contributed by atoms with Crippen LogP contribution in [0.25, 0.3) is 0 Å². The highest BCUT2D eigenvalue weighted by Gasteiger charge is 2.16. The lowest BCUT2D eigenvalue weighted by atomic mass is 10.3. The van der Waals surface area contributed by atoms with Crippen LogP contribution in [0.5, 0.6) is 0 Å². The van der Waals surface area contributed by atoms with Crippen LogP contribution in [0.2, 0.25) is 0 Å². The second kappa shape index (κ2) is 7.33. The summed E-state index contributed by atoms with van der Waals surface area (Å²) in [5.41, 5.74) is 0. The van der Waals surface area contributed by atoms with E-state index in [9.17, 15) is 18.0 Å². The Morgan fingerprint density at radius 1 is 1.40 bits per heavy atom. The Morgan fingerprint density at radius 3 is 2.65 bits per heavy atom. The smallest absolute Gasteiger partial charge is 0.334 e. The highest BCUT2D eigenvalue weighted by atomic mass is 32.2. The van der Waals surface area contributed by atoms with Gasteiger partial charge in [-0.3, -0.25) is 4.79 Å². The summed E-state index contributed by atoms with van der Waals surface area (Å²) in [5, 5.41) is 21.1. The van der Waals surface area contributed by atoms with Crippen LogP contribution in [0, 0.1) is 0 Å². The number of carboxylic acid groups (broad SMARTS) is 1. The molecule has 0 aliphatic carbocycles. The van der Waals surface area contributed by atoms with Gasteiger partial charge in [0.15, 0.2) is 6.10 Å². The lowest BCUT2D eigenvalue weighted by Gasteiger charge is -2.08. The number of carbonyl (C=O) groups is 2. The maximum atomic E-state index is 11.7. The molecule has 8 nitrogen and oxygen atoms in total. The number of hydrogen-bond acceptors (Lipinski definition) is 6. The second-order valence-corrected chi connectivity index (χ2v) is 6.68. The van der Waals surface area contributed by atoms with Crippen LogP contribution in [0.4, 0.5) is 0 Å². The molecule has 1 aromatic rings. The molecule has 112 valence electrons. The molecule has 1 atom stereocenters. The fourth-order valence-electron chi connectivity index (χ4n) is 1.17. The van der Waals surface area contributed by atoms with E-state index in [-0.39, 0.29) is 17.2 Å². The third-order valence-electron chi connectivity index (χ3n) is 2.18. The number of sulfonamides is 1. The van der Waals surface area contributed by atoms with Crippen molar-refractivity contribution in [3.05, 3.63) is 17.5 Å². The van der Waals surface area contributed by atoms with Crippen molar-refractivity contribution in [2.75, 3.05) is 13.1 Å². The summed E-state index contributed by atoms with van der Waals surface area (Å²) in [7, 11) is -3.61. The van der Waals surface area contributed by atoms with Gasteiger partial charge in [-0.1, -0.05) is 6.07 Å². The summed E-state index contributed by atoms with van der Waals surface area (Å²) < 4.78 is 25.8. The van der Waals surface area contributed by atoms with E-state index in [4.69, 9.17) is 10.2 Å². The highest BCUT2D eigenvalue weighted by molar-refractivity contribution is 7.91. The van der Waals surface area contributed by atoms with E-state index in [0.29, 0.717) is 0 Å². The van der Waals surface area contributed by atoms with Gasteiger partial charge in [0.1, 0.15) is 4.21 Å². The van der Waals surface area contributed by atoms with E-state index < -0.39 is 34.5 Å². The van der Waals surface area contributed by atoms with Crippen LogP contribution in [-0.2, 0) is 19.6 Å². The largest absolute Gasteiger partial charge is 0.479 e. The minimum Gasteiger partial charge on any atom is -0.479 e. The monoisotopic (exact) mass is 322 g/mol. The minimum atomic E-state index is -3.61. The molecule has 0 bridgehead atoms. The van der Waals surface area contributed by atoms with Crippen LogP contribution in [0.1, 0.15) is 6.42 Å². The maximum absolute atomic E-state index is 11.7. The van der Waals surface area contributed by atoms with Gasteiger partial charge in [-0.2, -0.15) is 0 Å². The summed E-state index contributed by atoms with van der Waals surface area (Å²) in [6.07, 6.45) is -1.83. The highest BCUT2D eigenvalue weighted by Crippen LogP contribution is 2.14. The van der Waals surface area contributed by atoms with Crippen LogP contribution in [-0.4, -0.2) is 49.7 Å². The summed E-state index contributed by atoms with van der Waals surface area (Å²) in [6.45, 7) is -0.541. The van der Waals surface area contributed by atoms with Crippen molar-refractivity contribution in [2.45, 2.75) is 16.7 Å². The van der Waals surface area contributed by atoms with Gasteiger partial charge >= 0.3 is 5.97 Å². The SMILES string of the molecule is O=C(CCNS(=O)(=O)c1cccs1)NCC(O)C(=O)O. The molecular weight excluding hydrogens is 308 g/mol. The third kappa shape index (κ3) is 5.25. The molecule has 0 aliphatic rings. The molecule has 1 unspecified atom stereocenters. The first-order valence-electron chi connectivity index (χ1n) is 5.53. The average molecular weight is 322 g/mol. The lowest BCUT2D eigenvalue weighted by molar-refractivity contribution is -0.146. The van der Waals surface area contributed by atoms with Crippen molar-refractivity contribution in [3.8, 4) is 0 Å². The van der Waals surface area contributed by atoms with Gasteiger partial charge < -0.3 is 15.5 Å². The fourth-order valence-corrected chi connectivity index (χ4v) is 3.24. The fraction of sp³-hybridized carbons (Fsp3) is 0.400. The van der Waals surface area contributed by atoms with Gasteiger partial charge in [0.25, 0.3) is 0 Å². The number of nitrogens with one attached hydrogen (secondary N) is 2. The number of thiophene rings is 1. The zero-order valence-corrected chi connectivity index (χ0v) is 11.9. The van der Waals surface area contributed by atoms with Crippen molar-refractivity contribution in [3.63, 3.8) is 0 Å². The lowest BCUT2D eigenvalue weighted by Crippen LogP contribution is -2.38. The summed E-state index contributed by atoms with van der Waals surface area (Å²) in [6, 6.07) is 3.04. The van der Waals surface area contributed by atoms with Gasteiger partial charge in [0.2, 0.25) is 15.9 Å². The number of rotatable bonds is 8. The normalized spacial score (nSPS) is 12.8. The van der Waals surface area contributed by atoms with Crippen LogP contribution in [0.3, 0.4) is 0 Å². The quantitative estimate of drug-likeness (QED) is 0.484. The first-order valence-corrected chi connectivity index (χ1v) is 7.90. The van der Waals surface area contributed by atoms with E-state index in [2.05, 4.69) is 10.0 Å². The zero-order chi connectivity index (χ0) is 15.2. The van der Waals surface area contributed by atoms with Crippen LogP contribution < -0.4 is 10.0 Å². The van der Waals surface area contributed by atoms with Crippen molar-refractivity contribution in [1.29, 1.82) is 0 Å². The molecule has 1 aromatic heterocycles. The van der Waals surface area contributed by atoms with Crippen molar-refractivity contribution < 1.29 is 28.2 Å².